The third-order valence-electron chi connectivity index (χ3n) is 6.08. The van der Waals surface area contributed by atoms with E-state index in [2.05, 4.69) is 0 Å². The molecule has 0 radical (unpaired) electrons. The first-order chi connectivity index (χ1) is 17.4. The Bertz CT molecular complexity index is 1560. The number of amides is 4. The smallest absolute Gasteiger partial charge is 0.267 e. The summed E-state index contributed by atoms with van der Waals surface area (Å²) < 4.78 is 5.87. The van der Waals surface area contributed by atoms with Crippen molar-refractivity contribution in [3.63, 3.8) is 0 Å². The summed E-state index contributed by atoms with van der Waals surface area (Å²) in [7, 11) is 0. The lowest BCUT2D eigenvalue weighted by Crippen LogP contribution is -2.29. The largest absolute Gasteiger partial charge is 0.457 e. The summed E-state index contributed by atoms with van der Waals surface area (Å²) in [6.07, 6.45) is 0. The Labute approximate surface area is 210 Å². The molecule has 0 N–H and O–H groups in total. The van der Waals surface area contributed by atoms with E-state index in [9.17, 15) is 19.2 Å². The molecule has 0 aromatic heterocycles. The lowest BCUT2D eigenvalue weighted by molar-refractivity contribution is 0.0910. The van der Waals surface area contributed by atoms with Crippen molar-refractivity contribution < 1.29 is 23.9 Å². The molecular formula is C28H15ClN2O5. The summed E-state index contributed by atoms with van der Waals surface area (Å²) in [6.45, 7) is 0. The van der Waals surface area contributed by atoms with Gasteiger partial charge >= 0.3 is 0 Å². The molecule has 4 aromatic carbocycles. The molecule has 2 aliphatic heterocycles. The molecule has 7 nitrogen and oxygen atoms in total. The van der Waals surface area contributed by atoms with Crippen LogP contribution in [0.25, 0.3) is 0 Å². The number of hydrogen-bond acceptors (Lipinski definition) is 5. The van der Waals surface area contributed by atoms with Gasteiger partial charge in [0.05, 0.1) is 38.7 Å². The Balaban J connectivity index is 1.19. The van der Waals surface area contributed by atoms with E-state index in [1.165, 1.54) is 0 Å². The van der Waals surface area contributed by atoms with Gasteiger partial charge in [-0.25, -0.2) is 9.80 Å². The first-order valence-electron chi connectivity index (χ1n) is 11.0. The number of hydrogen-bond donors (Lipinski definition) is 0. The molecule has 0 saturated carbocycles. The van der Waals surface area contributed by atoms with E-state index in [1.54, 1.807) is 91.0 Å². The normalized spacial score (nSPS) is 14.4. The second kappa shape index (κ2) is 8.18. The Morgan fingerprint density at radius 1 is 0.500 bits per heavy atom. The summed E-state index contributed by atoms with van der Waals surface area (Å²) in [6, 6.07) is 24.6. The molecule has 2 aliphatic rings. The zero-order valence-corrected chi connectivity index (χ0v) is 19.2. The minimum absolute atomic E-state index is 0.197. The average Bonchev–Trinajstić information content (AvgIpc) is 3.30. The zero-order valence-electron chi connectivity index (χ0n) is 18.5. The molecule has 0 saturated heterocycles. The van der Waals surface area contributed by atoms with Crippen molar-refractivity contribution in [2.24, 2.45) is 0 Å². The molecule has 4 amide bonds. The third-order valence-corrected chi connectivity index (χ3v) is 6.40. The minimum atomic E-state index is -0.474. The van der Waals surface area contributed by atoms with E-state index in [1.807, 2.05) is 0 Å². The van der Waals surface area contributed by atoms with Crippen LogP contribution in [0.4, 0.5) is 11.4 Å². The van der Waals surface area contributed by atoms with Crippen molar-refractivity contribution >= 4 is 46.6 Å². The molecule has 174 valence electrons. The molecule has 36 heavy (non-hydrogen) atoms. The van der Waals surface area contributed by atoms with Crippen LogP contribution in [-0.4, -0.2) is 23.6 Å². The topological polar surface area (TPSA) is 84.0 Å². The number of anilines is 2. The second-order valence-corrected chi connectivity index (χ2v) is 8.60. The molecule has 0 atom stereocenters. The van der Waals surface area contributed by atoms with Crippen LogP contribution >= 0.6 is 11.6 Å². The summed E-state index contributed by atoms with van der Waals surface area (Å²) >= 11 is 6.13. The van der Waals surface area contributed by atoms with Crippen molar-refractivity contribution in [2.75, 3.05) is 9.80 Å². The number of halogens is 1. The van der Waals surface area contributed by atoms with Crippen LogP contribution in [0.1, 0.15) is 41.4 Å². The standard InChI is InChI=1S/C28H15ClN2O5/c29-23-7-3-6-22-24(23)28(35)31(27(22)34)17-10-14-19(15-11-17)36-18-12-8-16(9-13-18)30-25(32)20-4-1-2-5-21(20)26(30)33/h1-15H. The number of ether oxygens (including phenoxy) is 1. The van der Waals surface area contributed by atoms with Gasteiger partial charge in [-0.05, 0) is 72.8 Å². The molecule has 0 fully saturated rings. The van der Waals surface area contributed by atoms with Gasteiger partial charge in [0, 0.05) is 0 Å². The highest BCUT2D eigenvalue weighted by Crippen LogP contribution is 2.34. The SMILES string of the molecule is O=C1c2ccccc2C(=O)N1c1ccc(Oc2ccc(N3C(=O)c4cccc(Cl)c4C3=O)cc2)cc1. The van der Waals surface area contributed by atoms with Crippen LogP contribution < -0.4 is 14.5 Å². The Kier molecular flexibility index (Phi) is 4.94. The van der Waals surface area contributed by atoms with E-state index < -0.39 is 11.8 Å². The molecule has 0 aliphatic carbocycles. The van der Waals surface area contributed by atoms with Gasteiger partial charge in [0.2, 0.25) is 0 Å². The maximum atomic E-state index is 12.8. The number of nitrogens with zero attached hydrogens (tertiary/aromatic N) is 2. The first-order valence-corrected chi connectivity index (χ1v) is 11.3. The average molecular weight is 495 g/mol. The third kappa shape index (κ3) is 3.29. The van der Waals surface area contributed by atoms with Gasteiger partial charge in [-0.3, -0.25) is 19.2 Å². The minimum Gasteiger partial charge on any atom is -0.457 e. The Morgan fingerprint density at radius 3 is 1.44 bits per heavy atom. The van der Waals surface area contributed by atoms with Crippen LogP contribution in [0, 0.1) is 0 Å². The van der Waals surface area contributed by atoms with Gasteiger partial charge in [-0.15, -0.1) is 0 Å². The molecular weight excluding hydrogens is 480 g/mol. The Hall–Kier alpha value is -4.75. The number of fused-ring (bicyclic) bond motifs is 2. The zero-order chi connectivity index (χ0) is 25.0. The van der Waals surface area contributed by atoms with Gasteiger partial charge in [-0.2, -0.15) is 0 Å². The summed E-state index contributed by atoms with van der Waals surface area (Å²) in [5, 5.41) is 0.234. The number of rotatable bonds is 4. The maximum Gasteiger partial charge on any atom is 0.267 e. The first kappa shape index (κ1) is 21.8. The molecule has 4 aromatic rings. The molecule has 0 spiro atoms. The lowest BCUT2D eigenvalue weighted by Gasteiger charge is -2.16. The van der Waals surface area contributed by atoms with Crippen LogP contribution in [0.5, 0.6) is 11.5 Å². The molecule has 6 rings (SSSR count). The van der Waals surface area contributed by atoms with Crippen LogP contribution in [-0.2, 0) is 0 Å². The van der Waals surface area contributed by atoms with Crippen molar-refractivity contribution in [3.8, 4) is 11.5 Å². The number of carbonyl (C=O) groups excluding carboxylic acids is 4. The predicted molar refractivity (Wildman–Crippen MR) is 133 cm³/mol. The maximum absolute atomic E-state index is 12.8. The highest BCUT2D eigenvalue weighted by molar-refractivity contribution is 6.42. The van der Waals surface area contributed by atoms with Crippen LogP contribution in [0.15, 0.2) is 91.0 Å². The molecule has 2 heterocycles. The fraction of sp³-hybridized carbons (Fsp3) is 0. The highest BCUT2D eigenvalue weighted by Gasteiger charge is 2.38. The number of benzene rings is 4. The second-order valence-electron chi connectivity index (χ2n) is 8.19. The van der Waals surface area contributed by atoms with Gasteiger partial charge in [0.25, 0.3) is 23.6 Å². The Morgan fingerprint density at radius 2 is 0.944 bits per heavy atom. The fourth-order valence-electron chi connectivity index (χ4n) is 4.37. The fourth-order valence-corrected chi connectivity index (χ4v) is 4.62. The van der Waals surface area contributed by atoms with Crippen molar-refractivity contribution in [2.45, 2.75) is 0 Å². The van der Waals surface area contributed by atoms with E-state index in [0.29, 0.717) is 34.0 Å². The lowest BCUT2D eigenvalue weighted by atomic mass is 10.1. The van der Waals surface area contributed by atoms with Crippen molar-refractivity contribution in [1.29, 1.82) is 0 Å². The van der Waals surface area contributed by atoms with E-state index >= 15 is 0 Å². The van der Waals surface area contributed by atoms with Crippen molar-refractivity contribution in [1.82, 2.24) is 0 Å². The van der Waals surface area contributed by atoms with E-state index in [4.69, 9.17) is 16.3 Å². The summed E-state index contributed by atoms with van der Waals surface area (Å²) in [5.41, 5.74) is 2.05. The van der Waals surface area contributed by atoms with E-state index in [-0.39, 0.29) is 28.0 Å². The van der Waals surface area contributed by atoms with Gasteiger partial charge in [0.15, 0.2) is 0 Å². The van der Waals surface area contributed by atoms with Gasteiger partial charge in [0.1, 0.15) is 11.5 Å². The summed E-state index contributed by atoms with van der Waals surface area (Å²) in [5.74, 6) is -0.686. The van der Waals surface area contributed by atoms with Crippen LogP contribution in [0.2, 0.25) is 5.02 Å². The highest BCUT2D eigenvalue weighted by atomic mass is 35.5. The summed E-state index contributed by atoms with van der Waals surface area (Å²) in [4.78, 5) is 53.1. The molecule has 0 bridgehead atoms. The number of carbonyl (C=O) groups is 4. The van der Waals surface area contributed by atoms with Crippen LogP contribution in [0.3, 0.4) is 0 Å². The quantitative estimate of drug-likeness (QED) is 0.338. The predicted octanol–water partition coefficient (Wildman–Crippen LogP) is 5.73. The monoisotopic (exact) mass is 494 g/mol. The van der Waals surface area contributed by atoms with E-state index in [0.717, 1.165) is 9.80 Å². The van der Waals surface area contributed by atoms with Gasteiger partial charge in [-0.1, -0.05) is 29.8 Å². The van der Waals surface area contributed by atoms with Gasteiger partial charge < -0.3 is 4.74 Å². The molecule has 0 unspecified atom stereocenters. The number of imide groups is 2. The van der Waals surface area contributed by atoms with Crippen molar-refractivity contribution in [3.05, 3.63) is 118 Å². The molecule has 8 heteroatoms.